The number of methoxy groups -OCH3 is 1. The summed E-state index contributed by atoms with van der Waals surface area (Å²) >= 11 is 0. The lowest BCUT2D eigenvalue weighted by atomic mass is 10.0. The van der Waals surface area contributed by atoms with E-state index in [0.717, 1.165) is 0 Å². The van der Waals surface area contributed by atoms with Gasteiger partial charge in [0.25, 0.3) is 0 Å². The third kappa shape index (κ3) is 11.0. The fourth-order valence-electron chi connectivity index (χ4n) is 5.86. The van der Waals surface area contributed by atoms with Gasteiger partial charge in [0.2, 0.25) is 17.7 Å². The van der Waals surface area contributed by atoms with Gasteiger partial charge in [0.15, 0.2) is 23.2 Å². The molecule has 1 fully saturated rings. The number of ether oxygens (including phenoxy) is 3. The van der Waals surface area contributed by atoms with Crippen LogP contribution in [0.1, 0.15) is 58.7 Å². The number of hydrogen-bond acceptors (Lipinski definition) is 13. The first-order chi connectivity index (χ1) is 25.1. The molecule has 1 unspecified atom stereocenters. The van der Waals surface area contributed by atoms with Crippen LogP contribution in [0, 0.1) is 0 Å². The first-order valence-electron chi connectivity index (χ1n) is 17.4. The molecule has 1 saturated heterocycles. The van der Waals surface area contributed by atoms with E-state index in [0.29, 0.717) is 47.7 Å². The highest BCUT2D eigenvalue weighted by atomic mass is 16.6. The molecule has 0 spiro atoms. The van der Waals surface area contributed by atoms with Crippen molar-refractivity contribution < 1.29 is 43.6 Å². The summed E-state index contributed by atoms with van der Waals surface area (Å²) < 4.78 is 18.2. The number of carbonyl (C=O) groups is 4. The molecule has 0 aliphatic carbocycles. The van der Waals surface area contributed by atoms with Gasteiger partial charge in [0.1, 0.15) is 42.0 Å². The molecule has 6 atom stereocenters. The molecule has 4 rings (SSSR count). The Labute approximate surface area is 308 Å². The number of nitrogens with one attached hydrogen (secondary N) is 4. The summed E-state index contributed by atoms with van der Waals surface area (Å²) in [6.45, 7) is 6.33. The molecule has 3 heterocycles. The van der Waals surface area contributed by atoms with E-state index in [9.17, 15) is 29.4 Å². The number of carbonyl (C=O) groups excluding carboxylic acids is 4. The average molecular weight is 742 g/mol. The molecule has 18 heteroatoms. The van der Waals surface area contributed by atoms with E-state index in [1.807, 2.05) is 0 Å². The highest BCUT2D eigenvalue weighted by Gasteiger charge is 2.46. The van der Waals surface area contributed by atoms with Crippen molar-refractivity contribution in [3.63, 3.8) is 0 Å². The molecular weight excluding hydrogens is 690 g/mol. The normalized spacial score (nSPS) is 19.6. The smallest absolute Gasteiger partial charge is 0.408 e. The second-order valence-corrected chi connectivity index (χ2v) is 14.0. The summed E-state index contributed by atoms with van der Waals surface area (Å²) in [5, 5.41) is 32.7. The largest absolute Gasteiger partial charge is 0.497 e. The standard InChI is InChI=1S/C35H51N9O9/c1-20(46)36-15-9-8-10-23(41-34(50)53-35(2,3)4)31(48)40-24(16-21-11-13-22(51-7)14-12-21)32(49)42-26-25(17-45)52-33(28(26)47)44-19-39-27-29(43(5)6)37-18-38-30(27)44/h11-14,18-19,23-26,28,33,45,47H,8-10,15-17H2,1-7H3,(H,36,46)(H,40,48)(H,41,50)(H,42,49)/t23-,24?,25-,26-,28-,33-/m1/s1. The predicted octanol–water partition coefficient (Wildman–Crippen LogP) is 0.564. The maximum absolute atomic E-state index is 14.1. The minimum Gasteiger partial charge on any atom is -0.497 e. The van der Waals surface area contributed by atoms with Crippen molar-refractivity contribution in [3.8, 4) is 5.75 Å². The highest BCUT2D eigenvalue weighted by molar-refractivity contribution is 5.91. The number of aliphatic hydroxyl groups excluding tert-OH is 2. The number of imidazole rings is 1. The minimum atomic E-state index is -1.37. The first kappa shape index (κ1) is 40.7. The quantitative estimate of drug-likeness (QED) is 0.110. The van der Waals surface area contributed by atoms with Crippen molar-refractivity contribution in [2.24, 2.45) is 0 Å². The number of amides is 4. The molecule has 1 aliphatic heterocycles. The fourth-order valence-corrected chi connectivity index (χ4v) is 5.86. The predicted molar refractivity (Wildman–Crippen MR) is 193 cm³/mol. The molecule has 1 aromatic carbocycles. The van der Waals surface area contributed by atoms with Crippen LogP contribution in [0.5, 0.6) is 5.75 Å². The summed E-state index contributed by atoms with van der Waals surface area (Å²) in [4.78, 5) is 66.8. The van der Waals surface area contributed by atoms with Gasteiger partial charge in [-0.25, -0.2) is 19.7 Å². The SMILES string of the molecule is COc1ccc(CC(NC(=O)[C@@H](CCCCNC(C)=O)NC(=O)OC(C)(C)C)C(=O)N[C@H]2[C@@H](O)[C@H](n3cnc4c(N(C)C)ncnc43)O[C@@H]2CO)cc1. The average Bonchev–Trinajstić information content (AvgIpc) is 3.66. The molecule has 0 radical (unpaired) electrons. The van der Waals surface area contributed by atoms with Gasteiger partial charge in [0, 0.05) is 34.0 Å². The topological polar surface area (TPSA) is 231 Å². The van der Waals surface area contributed by atoms with E-state index in [-0.39, 0.29) is 18.7 Å². The molecule has 18 nitrogen and oxygen atoms in total. The summed E-state index contributed by atoms with van der Waals surface area (Å²) in [7, 11) is 5.14. The number of unbranched alkanes of at least 4 members (excludes halogenated alkanes) is 1. The Hall–Kier alpha value is -5.07. The van der Waals surface area contributed by atoms with Gasteiger partial charge in [-0.1, -0.05) is 12.1 Å². The monoisotopic (exact) mass is 741 g/mol. The zero-order valence-electron chi connectivity index (χ0n) is 31.2. The van der Waals surface area contributed by atoms with Crippen molar-refractivity contribution in [1.82, 2.24) is 40.8 Å². The summed E-state index contributed by atoms with van der Waals surface area (Å²) in [5.74, 6) is -0.357. The van der Waals surface area contributed by atoms with Crippen LogP contribution in [0.15, 0.2) is 36.9 Å². The van der Waals surface area contributed by atoms with E-state index < -0.39 is 66.7 Å². The Kier molecular flexibility index (Phi) is 13.9. The maximum atomic E-state index is 14.1. The summed E-state index contributed by atoms with van der Waals surface area (Å²) in [5.41, 5.74) is 0.692. The lowest BCUT2D eigenvalue weighted by Gasteiger charge is -2.27. The van der Waals surface area contributed by atoms with Crippen molar-refractivity contribution in [1.29, 1.82) is 0 Å². The fraction of sp³-hybridized carbons (Fsp3) is 0.571. The van der Waals surface area contributed by atoms with Crippen molar-refractivity contribution in [2.75, 3.05) is 39.3 Å². The Morgan fingerprint density at radius 3 is 2.36 bits per heavy atom. The van der Waals surface area contributed by atoms with Gasteiger partial charge in [-0.3, -0.25) is 19.0 Å². The molecule has 0 saturated carbocycles. The molecule has 1 aliphatic rings. The van der Waals surface area contributed by atoms with Gasteiger partial charge < -0.3 is 50.6 Å². The Morgan fingerprint density at radius 1 is 1.02 bits per heavy atom. The summed E-state index contributed by atoms with van der Waals surface area (Å²) in [6, 6.07) is 3.53. The molecule has 6 N–H and O–H groups in total. The molecule has 3 aromatic rings. The first-order valence-corrected chi connectivity index (χ1v) is 17.4. The summed E-state index contributed by atoms with van der Waals surface area (Å²) in [6.07, 6.45) is -0.288. The van der Waals surface area contributed by atoms with E-state index in [2.05, 4.69) is 36.2 Å². The molecular formula is C35H51N9O9. The van der Waals surface area contributed by atoms with Gasteiger partial charge >= 0.3 is 6.09 Å². The van der Waals surface area contributed by atoms with Crippen LogP contribution in [0.25, 0.3) is 11.2 Å². The number of aromatic nitrogens is 4. The van der Waals surface area contributed by atoms with Crippen LogP contribution in [0.4, 0.5) is 10.6 Å². The van der Waals surface area contributed by atoms with E-state index in [1.165, 1.54) is 31.3 Å². The zero-order valence-corrected chi connectivity index (χ0v) is 31.2. The van der Waals surface area contributed by atoms with E-state index >= 15 is 0 Å². The van der Waals surface area contributed by atoms with Gasteiger partial charge in [-0.2, -0.15) is 0 Å². The number of hydrogen-bond donors (Lipinski definition) is 6. The maximum Gasteiger partial charge on any atom is 0.408 e. The van der Waals surface area contributed by atoms with Crippen molar-refractivity contribution in [2.45, 2.75) is 95.5 Å². The Morgan fingerprint density at radius 2 is 1.74 bits per heavy atom. The Bertz CT molecular complexity index is 1710. The van der Waals surface area contributed by atoms with Gasteiger partial charge in [-0.15, -0.1) is 0 Å². The number of alkyl carbamates (subject to hydrolysis) is 1. The lowest BCUT2D eigenvalue weighted by molar-refractivity contribution is -0.131. The minimum absolute atomic E-state index is 0.0243. The molecule has 2 aromatic heterocycles. The van der Waals surface area contributed by atoms with E-state index in [4.69, 9.17) is 14.2 Å². The second-order valence-electron chi connectivity index (χ2n) is 14.0. The Balaban J connectivity index is 1.57. The third-order valence-corrected chi connectivity index (χ3v) is 8.43. The molecule has 4 amide bonds. The van der Waals surface area contributed by atoms with Crippen LogP contribution in [-0.4, -0.2) is 124 Å². The van der Waals surface area contributed by atoms with Crippen LogP contribution in [0.2, 0.25) is 0 Å². The van der Waals surface area contributed by atoms with Crippen LogP contribution in [0.3, 0.4) is 0 Å². The second kappa shape index (κ2) is 18.1. The van der Waals surface area contributed by atoms with Crippen molar-refractivity contribution >= 4 is 40.8 Å². The van der Waals surface area contributed by atoms with Crippen LogP contribution >= 0.6 is 0 Å². The number of rotatable bonds is 16. The van der Waals surface area contributed by atoms with Gasteiger partial charge in [-0.05, 0) is 57.7 Å². The number of anilines is 1. The molecule has 53 heavy (non-hydrogen) atoms. The van der Waals surface area contributed by atoms with Crippen molar-refractivity contribution in [3.05, 3.63) is 42.5 Å². The van der Waals surface area contributed by atoms with E-state index in [1.54, 1.807) is 64.0 Å². The zero-order chi connectivity index (χ0) is 38.9. The number of fused-ring (bicyclic) bond motifs is 1. The number of nitrogens with zero attached hydrogens (tertiary/aromatic N) is 5. The van der Waals surface area contributed by atoms with Crippen LogP contribution < -0.4 is 30.9 Å². The number of benzene rings is 1. The molecule has 290 valence electrons. The lowest BCUT2D eigenvalue weighted by Crippen LogP contribution is -2.58. The number of aliphatic hydroxyl groups is 2. The molecule has 0 bridgehead atoms. The highest BCUT2D eigenvalue weighted by Crippen LogP contribution is 2.32. The van der Waals surface area contributed by atoms with Gasteiger partial charge in [0.05, 0.1) is 26.1 Å². The van der Waals surface area contributed by atoms with Crippen LogP contribution in [-0.2, 0) is 30.3 Å². The third-order valence-electron chi connectivity index (χ3n) is 8.43.